The molecule has 0 aliphatic carbocycles. The zero-order valence-corrected chi connectivity index (χ0v) is 14.6. The van der Waals surface area contributed by atoms with Gasteiger partial charge in [-0.3, -0.25) is 4.79 Å². The van der Waals surface area contributed by atoms with Crippen LogP contribution in [0.3, 0.4) is 0 Å². The molecule has 1 aliphatic rings. The largest absolute Gasteiger partial charge is 0.497 e. The Balaban J connectivity index is 2.32. The molecule has 1 unspecified atom stereocenters. The molecule has 0 saturated carbocycles. The quantitative estimate of drug-likeness (QED) is 0.757. The highest BCUT2D eigenvalue weighted by atomic mass is 19.4. The first-order valence-electron chi connectivity index (χ1n) is 8.11. The third-order valence-corrected chi connectivity index (χ3v) is 4.19. The van der Waals surface area contributed by atoms with Crippen molar-refractivity contribution in [3.05, 3.63) is 41.5 Å². The van der Waals surface area contributed by atoms with Gasteiger partial charge in [-0.15, -0.1) is 0 Å². The molecule has 0 N–H and O–H groups in total. The Morgan fingerprint density at radius 2 is 2.12 bits per heavy atom. The van der Waals surface area contributed by atoms with Crippen molar-refractivity contribution in [2.75, 3.05) is 34.3 Å². The highest BCUT2D eigenvalue weighted by Gasteiger charge is 2.39. The van der Waals surface area contributed by atoms with Crippen LogP contribution >= 0.6 is 0 Å². The van der Waals surface area contributed by atoms with Gasteiger partial charge >= 0.3 is 6.18 Å². The molecule has 1 aromatic rings. The number of likely N-dealkylation sites (tertiary alicyclic amines) is 1. The molecule has 0 bridgehead atoms. The van der Waals surface area contributed by atoms with Gasteiger partial charge in [0.15, 0.2) is 0 Å². The lowest BCUT2D eigenvalue weighted by molar-refractivity contribution is -0.139. The molecule has 25 heavy (non-hydrogen) atoms. The molecule has 0 radical (unpaired) electrons. The number of carbonyl (C=O) groups excluding carboxylic acids is 1. The Kier molecular flexibility index (Phi) is 6.11. The highest BCUT2D eigenvalue weighted by Crippen LogP contribution is 2.41. The summed E-state index contributed by atoms with van der Waals surface area (Å²) in [7, 11) is 5.16. The number of methoxy groups -OCH3 is 1. The summed E-state index contributed by atoms with van der Waals surface area (Å²) in [5.41, 5.74) is -0.617. The van der Waals surface area contributed by atoms with Crippen LogP contribution in [-0.2, 0) is 11.0 Å². The van der Waals surface area contributed by atoms with E-state index < -0.39 is 17.8 Å². The Morgan fingerprint density at radius 3 is 2.72 bits per heavy atom. The Hall–Kier alpha value is -2.02. The number of alkyl halides is 3. The SMILES string of the molecule is COc1ccc(C(F)(F)F)c(C2CCCN2C(=O)/C=C/CN(C)C)c1. The van der Waals surface area contributed by atoms with Gasteiger partial charge in [0.1, 0.15) is 5.75 Å². The van der Waals surface area contributed by atoms with Gasteiger partial charge in [-0.2, -0.15) is 13.2 Å². The number of nitrogens with zero attached hydrogens (tertiary/aromatic N) is 2. The Morgan fingerprint density at radius 1 is 1.40 bits per heavy atom. The van der Waals surface area contributed by atoms with Gasteiger partial charge in [0.05, 0.1) is 18.7 Å². The molecule has 0 spiro atoms. The summed E-state index contributed by atoms with van der Waals surface area (Å²) in [6, 6.07) is 3.12. The molecule has 1 aliphatic heterocycles. The second kappa shape index (κ2) is 7.91. The number of hydrogen-bond acceptors (Lipinski definition) is 3. The van der Waals surface area contributed by atoms with E-state index in [1.807, 2.05) is 19.0 Å². The Labute approximate surface area is 145 Å². The van der Waals surface area contributed by atoms with Gasteiger partial charge < -0.3 is 14.5 Å². The molecule has 1 fully saturated rings. The zero-order chi connectivity index (χ0) is 18.6. The van der Waals surface area contributed by atoms with Crippen molar-refractivity contribution in [2.24, 2.45) is 0 Å². The summed E-state index contributed by atoms with van der Waals surface area (Å²) in [5, 5.41) is 0. The fraction of sp³-hybridized carbons (Fsp3) is 0.500. The predicted molar refractivity (Wildman–Crippen MR) is 89.4 cm³/mol. The normalized spacial score (nSPS) is 18.4. The first-order valence-corrected chi connectivity index (χ1v) is 8.11. The van der Waals surface area contributed by atoms with Crippen molar-refractivity contribution < 1.29 is 22.7 Å². The van der Waals surface area contributed by atoms with E-state index in [9.17, 15) is 18.0 Å². The molecule has 1 heterocycles. The van der Waals surface area contributed by atoms with Crippen LogP contribution in [0.2, 0.25) is 0 Å². The van der Waals surface area contributed by atoms with Crippen molar-refractivity contribution in [2.45, 2.75) is 25.1 Å². The fourth-order valence-corrected chi connectivity index (χ4v) is 3.02. The van der Waals surface area contributed by atoms with Gasteiger partial charge in [-0.05, 0) is 50.7 Å². The molecule has 1 aromatic carbocycles. The van der Waals surface area contributed by atoms with Crippen molar-refractivity contribution in [3.63, 3.8) is 0 Å². The lowest BCUT2D eigenvalue weighted by Crippen LogP contribution is -2.30. The molecular weight excluding hydrogens is 333 g/mol. The second-order valence-corrected chi connectivity index (χ2v) is 6.31. The minimum atomic E-state index is -4.47. The fourth-order valence-electron chi connectivity index (χ4n) is 3.02. The summed E-state index contributed by atoms with van der Waals surface area (Å²) < 4.78 is 45.3. The molecule has 1 saturated heterocycles. The molecule has 7 heteroatoms. The molecule has 138 valence electrons. The number of ether oxygens (including phenoxy) is 1. The molecule has 2 rings (SSSR count). The second-order valence-electron chi connectivity index (χ2n) is 6.31. The van der Waals surface area contributed by atoms with E-state index in [1.54, 1.807) is 6.08 Å². The van der Waals surface area contributed by atoms with Crippen molar-refractivity contribution in [1.29, 1.82) is 0 Å². The lowest BCUT2D eigenvalue weighted by atomic mass is 9.97. The van der Waals surface area contributed by atoms with Gasteiger partial charge in [0, 0.05) is 19.2 Å². The zero-order valence-electron chi connectivity index (χ0n) is 14.6. The maximum atomic E-state index is 13.4. The van der Waals surface area contributed by atoms with Crippen molar-refractivity contribution in [1.82, 2.24) is 9.80 Å². The summed E-state index contributed by atoms with van der Waals surface area (Å²) in [6.07, 6.45) is -0.144. The first-order chi connectivity index (χ1) is 11.7. The van der Waals surface area contributed by atoms with Crippen LogP contribution in [0.25, 0.3) is 0 Å². The van der Waals surface area contributed by atoms with Crippen LogP contribution in [0, 0.1) is 0 Å². The van der Waals surface area contributed by atoms with Crippen LogP contribution < -0.4 is 4.74 Å². The average Bonchev–Trinajstić information content (AvgIpc) is 3.02. The van der Waals surface area contributed by atoms with Crippen LogP contribution in [0.5, 0.6) is 5.75 Å². The summed E-state index contributed by atoms with van der Waals surface area (Å²) in [5.74, 6) is 0.0887. The van der Waals surface area contributed by atoms with E-state index in [0.29, 0.717) is 31.7 Å². The van der Waals surface area contributed by atoms with Gasteiger partial charge in [0.2, 0.25) is 5.91 Å². The third-order valence-electron chi connectivity index (χ3n) is 4.19. The van der Waals surface area contributed by atoms with E-state index >= 15 is 0 Å². The van der Waals surface area contributed by atoms with E-state index in [-0.39, 0.29) is 11.5 Å². The number of benzene rings is 1. The number of halogens is 3. The van der Waals surface area contributed by atoms with Crippen LogP contribution in [-0.4, -0.2) is 50.0 Å². The van der Waals surface area contributed by atoms with Crippen LogP contribution in [0.15, 0.2) is 30.4 Å². The predicted octanol–water partition coefficient (Wildman–Crippen LogP) is 3.50. The average molecular weight is 356 g/mol. The maximum absolute atomic E-state index is 13.4. The van der Waals surface area contributed by atoms with E-state index in [0.717, 1.165) is 6.07 Å². The van der Waals surface area contributed by atoms with Gasteiger partial charge in [-0.1, -0.05) is 6.08 Å². The van der Waals surface area contributed by atoms with Gasteiger partial charge in [0.25, 0.3) is 0 Å². The topological polar surface area (TPSA) is 32.8 Å². The molecule has 1 amide bonds. The number of carbonyl (C=O) groups is 1. The van der Waals surface area contributed by atoms with E-state index in [2.05, 4.69) is 0 Å². The van der Waals surface area contributed by atoms with E-state index in [4.69, 9.17) is 4.74 Å². The van der Waals surface area contributed by atoms with Crippen LogP contribution in [0.1, 0.15) is 30.0 Å². The lowest BCUT2D eigenvalue weighted by Gasteiger charge is -2.27. The summed E-state index contributed by atoms with van der Waals surface area (Å²) in [6.45, 7) is 1.04. The highest BCUT2D eigenvalue weighted by molar-refractivity contribution is 5.88. The smallest absolute Gasteiger partial charge is 0.416 e. The number of likely N-dealkylation sites (N-methyl/N-ethyl adjacent to an activating group) is 1. The molecule has 1 atom stereocenters. The molecule has 0 aromatic heterocycles. The third kappa shape index (κ3) is 4.75. The summed E-state index contributed by atoms with van der Waals surface area (Å²) >= 11 is 0. The summed E-state index contributed by atoms with van der Waals surface area (Å²) in [4.78, 5) is 15.8. The monoisotopic (exact) mass is 356 g/mol. The first kappa shape index (κ1) is 19.3. The van der Waals surface area contributed by atoms with E-state index in [1.165, 1.54) is 30.2 Å². The van der Waals surface area contributed by atoms with Crippen LogP contribution in [0.4, 0.5) is 13.2 Å². The minimum absolute atomic E-state index is 0.0960. The minimum Gasteiger partial charge on any atom is -0.497 e. The van der Waals surface area contributed by atoms with Gasteiger partial charge in [-0.25, -0.2) is 0 Å². The Bertz CT molecular complexity index is 642. The maximum Gasteiger partial charge on any atom is 0.416 e. The standard InChI is InChI=1S/C18H23F3N2O2/c1-22(2)10-5-7-17(24)23-11-4-6-16(23)14-12-13(25-3)8-9-15(14)18(19,20)21/h5,7-9,12,16H,4,6,10-11H2,1-3H3/b7-5+. The number of amides is 1. The molecule has 4 nitrogen and oxygen atoms in total. The van der Waals surface area contributed by atoms with Crippen molar-refractivity contribution in [3.8, 4) is 5.75 Å². The number of rotatable bonds is 5. The van der Waals surface area contributed by atoms with Crippen molar-refractivity contribution >= 4 is 5.91 Å². The molecular formula is C18H23F3N2O2. The number of hydrogen-bond donors (Lipinski definition) is 0.